The van der Waals surface area contributed by atoms with Gasteiger partial charge in [-0.3, -0.25) is 9.59 Å². The van der Waals surface area contributed by atoms with E-state index >= 15 is 0 Å². The van der Waals surface area contributed by atoms with E-state index in [4.69, 9.17) is 9.84 Å². The minimum atomic E-state index is -1.11. The normalized spacial score (nSPS) is 14.3. The predicted molar refractivity (Wildman–Crippen MR) is 117 cm³/mol. The van der Waals surface area contributed by atoms with Crippen molar-refractivity contribution in [2.75, 3.05) is 13.2 Å². The third-order valence-corrected chi connectivity index (χ3v) is 5.68. The molecule has 3 N–H and O–H groups in total. The summed E-state index contributed by atoms with van der Waals surface area (Å²) in [6, 6.07) is 15.2. The van der Waals surface area contributed by atoms with Crippen LogP contribution in [-0.2, 0) is 14.3 Å². The number of carboxylic acids is 1. The number of benzene rings is 2. The van der Waals surface area contributed by atoms with Crippen molar-refractivity contribution >= 4 is 18.0 Å². The molecule has 2 unspecified atom stereocenters. The van der Waals surface area contributed by atoms with Crippen molar-refractivity contribution in [3.8, 4) is 11.1 Å². The Bertz CT molecular complexity index is 926. The number of nitrogens with one attached hydrogen (secondary N) is 2. The fraction of sp³-hybridized carbons (Fsp3) is 0.375. The van der Waals surface area contributed by atoms with Crippen LogP contribution in [0.3, 0.4) is 0 Å². The molecule has 0 spiro atoms. The van der Waals surface area contributed by atoms with Gasteiger partial charge in [0.2, 0.25) is 5.91 Å². The monoisotopic (exact) mass is 424 g/mol. The maximum absolute atomic E-state index is 12.4. The van der Waals surface area contributed by atoms with E-state index in [2.05, 4.69) is 22.8 Å². The van der Waals surface area contributed by atoms with Crippen molar-refractivity contribution in [1.29, 1.82) is 0 Å². The van der Waals surface area contributed by atoms with Crippen molar-refractivity contribution < 1.29 is 24.2 Å². The molecule has 0 saturated carbocycles. The van der Waals surface area contributed by atoms with Gasteiger partial charge < -0.3 is 20.5 Å². The lowest BCUT2D eigenvalue weighted by Gasteiger charge is -2.22. The zero-order chi connectivity index (χ0) is 22.5. The molecule has 0 bridgehead atoms. The second-order valence-corrected chi connectivity index (χ2v) is 8.13. The zero-order valence-electron chi connectivity index (χ0n) is 17.9. The van der Waals surface area contributed by atoms with Crippen LogP contribution in [0.25, 0.3) is 11.1 Å². The van der Waals surface area contributed by atoms with E-state index in [1.165, 1.54) is 6.92 Å². The second-order valence-electron chi connectivity index (χ2n) is 8.13. The predicted octanol–water partition coefficient (Wildman–Crippen LogP) is 3.39. The molecule has 0 saturated heterocycles. The van der Waals surface area contributed by atoms with E-state index in [1.54, 1.807) is 0 Å². The number of aliphatic carboxylic acids is 1. The van der Waals surface area contributed by atoms with Gasteiger partial charge in [-0.1, -0.05) is 62.4 Å². The van der Waals surface area contributed by atoms with E-state index in [0.29, 0.717) is 0 Å². The van der Waals surface area contributed by atoms with Crippen LogP contribution in [0, 0.1) is 11.8 Å². The number of carbonyl (C=O) groups is 3. The van der Waals surface area contributed by atoms with Crippen LogP contribution in [0.4, 0.5) is 4.79 Å². The lowest BCUT2D eigenvalue weighted by atomic mass is 9.94. The van der Waals surface area contributed by atoms with Crippen LogP contribution < -0.4 is 10.6 Å². The van der Waals surface area contributed by atoms with Gasteiger partial charge >= 0.3 is 12.1 Å². The Hall–Kier alpha value is -3.35. The van der Waals surface area contributed by atoms with Gasteiger partial charge in [-0.25, -0.2) is 4.79 Å². The van der Waals surface area contributed by atoms with Crippen molar-refractivity contribution in [2.24, 2.45) is 11.8 Å². The smallest absolute Gasteiger partial charge is 0.407 e. The highest BCUT2D eigenvalue weighted by atomic mass is 16.5. The van der Waals surface area contributed by atoms with Crippen molar-refractivity contribution in [3.05, 3.63) is 59.7 Å². The Morgan fingerprint density at radius 3 is 2.03 bits per heavy atom. The van der Waals surface area contributed by atoms with E-state index in [9.17, 15) is 14.4 Å². The quantitative estimate of drug-likeness (QED) is 0.603. The van der Waals surface area contributed by atoms with Crippen molar-refractivity contribution in [3.63, 3.8) is 0 Å². The molecule has 1 aliphatic rings. The Labute approximate surface area is 181 Å². The summed E-state index contributed by atoms with van der Waals surface area (Å²) in [7, 11) is 0. The van der Waals surface area contributed by atoms with Gasteiger partial charge in [-0.2, -0.15) is 0 Å². The fourth-order valence-corrected chi connectivity index (χ4v) is 3.86. The first kappa shape index (κ1) is 22.3. The van der Waals surface area contributed by atoms with Crippen molar-refractivity contribution in [2.45, 2.75) is 32.7 Å². The lowest BCUT2D eigenvalue weighted by Crippen LogP contribution is -2.46. The van der Waals surface area contributed by atoms with Gasteiger partial charge in [0.05, 0.1) is 5.92 Å². The van der Waals surface area contributed by atoms with E-state index in [1.807, 2.05) is 50.2 Å². The molecule has 3 rings (SSSR count). The molecule has 2 amide bonds. The summed E-state index contributed by atoms with van der Waals surface area (Å²) in [5.41, 5.74) is 4.55. The summed E-state index contributed by atoms with van der Waals surface area (Å²) in [5, 5.41) is 14.1. The van der Waals surface area contributed by atoms with Gasteiger partial charge in [0.25, 0.3) is 0 Å². The van der Waals surface area contributed by atoms with Gasteiger partial charge in [-0.15, -0.1) is 0 Å². The summed E-state index contributed by atoms with van der Waals surface area (Å²) in [5.74, 6) is -2.22. The minimum absolute atomic E-state index is 0.0428. The minimum Gasteiger partial charge on any atom is -0.480 e. The van der Waals surface area contributed by atoms with Crippen LogP contribution in [-0.4, -0.2) is 42.3 Å². The van der Waals surface area contributed by atoms with Gasteiger partial charge in [0, 0.05) is 12.5 Å². The summed E-state index contributed by atoms with van der Waals surface area (Å²) in [6.45, 7) is 5.34. The first-order chi connectivity index (χ1) is 14.8. The highest BCUT2D eigenvalue weighted by molar-refractivity contribution is 5.85. The zero-order valence-corrected chi connectivity index (χ0v) is 17.9. The average Bonchev–Trinajstić information content (AvgIpc) is 3.06. The first-order valence-corrected chi connectivity index (χ1v) is 10.4. The third kappa shape index (κ3) is 5.05. The van der Waals surface area contributed by atoms with Gasteiger partial charge in [0.15, 0.2) is 0 Å². The Morgan fingerprint density at radius 2 is 1.52 bits per heavy atom. The summed E-state index contributed by atoms with van der Waals surface area (Å²) < 4.78 is 5.49. The number of carbonyl (C=O) groups excluding carboxylic acids is 2. The summed E-state index contributed by atoms with van der Waals surface area (Å²) in [6.07, 6.45) is -0.605. The van der Waals surface area contributed by atoms with E-state index in [-0.39, 0.29) is 25.0 Å². The molecule has 0 fully saturated rings. The van der Waals surface area contributed by atoms with Gasteiger partial charge in [0.1, 0.15) is 12.6 Å². The number of ether oxygens (including phenoxy) is 1. The van der Waals surface area contributed by atoms with Crippen LogP contribution in [0.2, 0.25) is 0 Å². The Morgan fingerprint density at radius 1 is 0.968 bits per heavy atom. The molecule has 0 heterocycles. The number of carboxylic acid groups (broad SMARTS) is 1. The number of amides is 2. The summed E-state index contributed by atoms with van der Waals surface area (Å²) in [4.78, 5) is 35.7. The molecule has 2 aromatic rings. The number of hydrogen-bond acceptors (Lipinski definition) is 4. The Kier molecular flexibility index (Phi) is 6.95. The maximum atomic E-state index is 12.4. The number of hydrogen-bond donors (Lipinski definition) is 3. The molecule has 0 aromatic heterocycles. The first-order valence-electron chi connectivity index (χ1n) is 10.4. The molecule has 0 aliphatic heterocycles. The fourth-order valence-electron chi connectivity index (χ4n) is 3.86. The Balaban J connectivity index is 1.59. The average molecular weight is 424 g/mol. The molecule has 2 atom stereocenters. The molecular formula is C24H28N2O5. The van der Waals surface area contributed by atoms with Crippen LogP contribution in [0.5, 0.6) is 0 Å². The molecule has 31 heavy (non-hydrogen) atoms. The third-order valence-electron chi connectivity index (χ3n) is 5.68. The van der Waals surface area contributed by atoms with Crippen LogP contribution >= 0.6 is 0 Å². The molecule has 7 nitrogen and oxygen atoms in total. The van der Waals surface area contributed by atoms with Crippen molar-refractivity contribution in [1.82, 2.24) is 10.6 Å². The molecule has 7 heteroatoms. The van der Waals surface area contributed by atoms with Crippen LogP contribution in [0.1, 0.15) is 37.8 Å². The number of alkyl carbamates (subject to hydrolysis) is 1. The number of fused-ring (bicyclic) bond motifs is 3. The molecule has 0 radical (unpaired) electrons. The van der Waals surface area contributed by atoms with E-state index < -0.39 is 29.9 Å². The maximum Gasteiger partial charge on any atom is 0.407 e. The molecule has 2 aromatic carbocycles. The largest absolute Gasteiger partial charge is 0.480 e. The van der Waals surface area contributed by atoms with E-state index in [0.717, 1.165) is 22.3 Å². The lowest BCUT2D eigenvalue weighted by molar-refractivity contribution is -0.142. The SMILES string of the molecule is CC(NC(=O)C(CNC(=O)OCC1c2ccccc2-c2ccccc21)C(C)C)C(=O)O. The molecule has 1 aliphatic carbocycles. The summed E-state index contributed by atoms with van der Waals surface area (Å²) >= 11 is 0. The molecule has 164 valence electrons. The standard InChI is InChI=1S/C24H28N2O5/c1-14(2)20(22(27)26-15(3)23(28)29)12-25-24(30)31-13-21-18-10-6-4-8-16(18)17-9-5-7-11-19(17)21/h4-11,14-15,20-21H,12-13H2,1-3H3,(H,25,30)(H,26,27)(H,28,29). The van der Waals surface area contributed by atoms with Gasteiger partial charge in [-0.05, 0) is 35.1 Å². The highest BCUT2D eigenvalue weighted by Crippen LogP contribution is 2.44. The topological polar surface area (TPSA) is 105 Å². The second kappa shape index (κ2) is 9.64. The van der Waals surface area contributed by atoms with Crippen LogP contribution in [0.15, 0.2) is 48.5 Å². The number of rotatable bonds is 8. The highest BCUT2D eigenvalue weighted by Gasteiger charge is 2.30. The molecular weight excluding hydrogens is 396 g/mol.